The first-order valence-electron chi connectivity index (χ1n) is 8.50. The summed E-state index contributed by atoms with van der Waals surface area (Å²) in [4.78, 5) is 12.4. The zero-order valence-corrected chi connectivity index (χ0v) is 16.2. The Morgan fingerprint density at radius 3 is 2.21 bits per heavy atom. The van der Waals surface area contributed by atoms with Crippen molar-refractivity contribution in [3.05, 3.63) is 89.7 Å². The van der Waals surface area contributed by atoms with Crippen LogP contribution in [0.2, 0.25) is 0 Å². The van der Waals surface area contributed by atoms with Gasteiger partial charge in [-0.2, -0.15) is 0 Å². The second kappa shape index (κ2) is 7.82. The maximum atomic E-state index is 13.9. The fourth-order valence-electron chi connectivity index (χ4n) is 2.63. The molecule has 0 aliphatic heterocycles. The number of para-hydroxylation sites is 1. The predicted molar refractivity (Wildman–Crippen MR) is 108 cm³/mol. The third-order valence-corrected chi connectivity index (χ3v) is 6.07. The van der Waals surface area contributed by atoms with Gasteiger partial charge in [0.05, 0.1) is 16.3 Å². The van der Waals surface area contributed by atoms with Gasteiger partial charge in [-0.15, -0.1) is 0 Å². The van der Waals surface area contributed by atoms with Crippen LogP contribution in [0, 0.1) is 12.7 Å². The molecule has 144 valence electrons. The molecule has 3 aromatic carbocycles. The molecule has 3 rings (SSSR count). The molecule has 0 bridgehead atoms. The average molecular weight is 398 g/mol. The van der Waals surface area contributed by atoms with Crippen molar-refractivity contribution in [3.63, 3.8) is 0 Å². The van der Waals surface area contributed by atoms with Gasteiger partial charge >= 0.3 is 0 Å². The molecule has 0 saturated carbocycles. The summed E-state index contributed by atoms with van der Waals surface area (Å²) in [7, 11) is -2.30. The Hall–Kier alpha value is -3.19. The molecule has 3 aromatic rings. The molecule has 0 spiro atoms. The number of carbonyl (C=O) groups is 1. The Bertz CT molecular complexity index is 1100. The van der Waals surface area contributed by atoms with Gasteiger partial charge in [-0.25, -0.2) is 12.8 Å². The van der Waals surface area contributed by atoms with E-state index in [-0.39, 0.29) is 16.1 Å². The summed E-state index contributed by atoms with van der Waals surface area (Å²) in [5, 5.41) is 2.49. The van der Waals surface area contributed by atoms with Crippen molar-refractivity contribution in [1.29, 1.82) is 0 Å². The molecular weight excluding hydrogens is 379 g/mol. The number of aryl methyl sites for hydroxylation is 1. The number of nitrogens with zero attached hydrogens (tertiary/aromatic N) is 1. The number of anilines is 2. The Labute approximate surface area is 163 Å². The lowest BCUT2D eigenvalue weighted by Crippen LogP contribution is -2.26. The molecule has 0 unspecified atom stereocenters. The largest absolute Gasteiger partial charge is 0.319 e. The van der Waals surface area contributed by atoms with Crippen molar-refractivity contribution < 1.29 is 17.6 Å². The highest BCUT2D eigenvalue weighted by Crippen LogP contribution is 2.22. The first-order chi connectivity index (χ1) is 13.3. The van der Waals surface area contributed by atoms with Crippen LogP contribution in [0.3, 0.4) is 0 Å². The van der Waals surface area contributed by atoms with Crippen LogP contribution >= 0.6 is 0 Å². The maximum Gasteiger partial charge on any atom is 0.264 e. The standard InChI is InChI=1S/C21H19FN2O3S/c1-15-8-13-20(19(22)14-15)23-21(25)16-9-11-18(12-10-16)28(26,27)24(2)17-6-4-3-5-7-17/h3-14H,1-2H3,(H,23,25). The monoisotopic (exact) mass is 398 g/mol. The molecule has 1 N–H and O–H groups in total. The average Bonchev–Trinajstić information content (AvgIpc) is 2.70. The highest BCUT2D eigenvalue weighted by Gasteiger charge is 2.21. The van der Waals surface area contributed by atoms with Gasteiger partial charge in [0.2, 0.25) is 0 Å². The molecule has 5 nitrogen and oxygen atoms in total. The van der Waals surface area contributed by atoms with Crippen LogP contribution in [0.15, 0.2) is 77.7 Å². The fourth-order valence-corrected chi connectivity index (χ4v) is 3.82. The summed E-state index contributed by atoms with van der Waals surface area (Å²) in [5.41, 5.74) is 1.56. The number of carbonyl (C=O) groups excluding carboxylic acids is 1. The number of sulfonamides is 1. The van der Waals surface area contributed by atoms with E-state index in [0.29, 0.717) is 5.69 Å². The van der Waals surface area contributed by atoms with Crippen LogP contribution in [0.1, 0.15) is 15.9 Å². The molecule has 0 aromatic heterocycles. The number of rotatable bonds is 5. The Morgan fingerprint density at radius 1 is 0.964 bits per heavy atom. The van der Waals surface area contributed by atoms with E-state index < -0.39 is 21.7 Å². The van der Waals surface area contributed by atoms with E-state index in [1.807, 2.05) is 0 Å². The molecule has 0 aliphatic rings. The van der Waals surface area contributed by atoms with Gasteiger partial charge < -0.3 is 5.32 Å². The first kappa shape index (κ1) is 19.6. The lowest BCUT2D eigenvalue weighted by Gasteiger charge is -2.19. The minimum atomic E-state index is -3.76. The van der Waals surface area contributed by atoms with Crippen molar-refractivity contribution in [1.82, 2.24) is 0 Å². The zero-order valence-electron chi connectivity index (χ0n) is 15.4. The van der Waals surface area contributed by atoms with Crippen molar-refractivity contribution >= 4 is 27.3 Å². The highest BCUT2D eigenvalue weighted by atomic mass is 32.2. The first-order valence-corrected chi connectivity index (χ1v) is 9.94. The quantitative estimate of drug-likeness (QED) is 0.700. The van der Waals surface area contributed by atoms with E-state index in [1.165, 1.54) is 47.8 Å². The maximum absolute atomic E-state index is 13.9. The second-order valence-corrected chi connectivity index (χ2v) is 8.24. The number of hydrogen-bond acceptors (Lipinski definition) is 3. The van der Waals surface area contributed by atoms with Gasteiger partial charge in [0.25, 0.3) is 15.9 Å². The Kier molecular flexibility index (Phi) is 5.46. The van der Waals surface area contributed by atoms with Crippen LogP contribution in [0.25, 0.3) is 0 Å². The van der Waals surface area contributed by atoms with E-state index in [1.54, 1.807) is 43.3 Å². The Morgan fingerprint density at radius 2 is 1.61 bits per heavy atom. The molecule has 0 saturated heterocycles. The molecule has 1 amide bonds. The minimum Gasteiger partial charge on any atom is -0.319 e. The van der Waals surface area contributed by atoms with Crippen LogP contribution in [-0.2, 0) is 10.0 Å². The van der Waals surface area contributed by atoms with Gasteiger partial charge in [0.1, 0.15) is 5.82 Å². The van der Waals surface area contributed by atoms with Gasteiger partial charge in [-0.05, 0) is 61.0 Å². The molecule has 7 heteroatoms. The van der Waals surface area contributed by atoms with E-state index in [9.17, 15) is 17.6 Å². The van der Waals surface area contributed by atoms with Crippen molar-refractivity contribution in [3.8, 4) is 0 Å². The fraction of sp³-hybridized carbons (Fsp3) is 0.0952. The molecule has 0 heterocycles. The summed E-state index contributed by atoms with van der Waals surface area (Å²) in [6.45, 7) is 1.75. The van der Waals surface area contributed by atoms with Crippen LogP contribution in [0.5, 0.6) is 0 Å². The molecule has 0 fully saturated rings. The molecule has 0 radical (unpaired) electrons. The summed E-state index contributed by atoms with van der Waals surface area (Å²) in [6.07, 6.45) is 0. The molecule has 28 heavy (non-hydrogen) atoms. The van der Waals surface area contributed by atoms with Crippen LogP contribution < -0.4 is 9.62 Å². The number of halogens is 1. The van der Waals surface area contributed by atoms with Crippen molar-refractivity contribution in [2.45, 2.75) is 11.8 Å². The van der Waals surface area contributed by atoms with Gasteiger partial charge in [-0.3, -0.25) is 9.10 Å². The van der Waals surface area contributed by atoms with Gasteiger partial charge in [0.15, 0.2) is 0 Å². The number of benzene rings is 3. The molecular formula is C21H19FN2O3S. The van der Waals surface area contributed by atoms with Crippen molar-refractivity contribution in [2.75, 3.05) is 16.7 Å². The molecule has 0 atom stereocenters. The molecule has 0 aliphatic carbocycles. The van der Waals surface area contributed by atoms with Gasteiger partial charge in [-0.1, -0.05) is 24.3 Å². The summed E-state index contributed by atoms with van der Waals surface area (Å²) in [5.74, 6) is -1.06. The summed E-state index contributed by atoms with van der Waals surface area (Å²) >= 11 is 0. The third-order valence-electron chi connectivity index (χ3n) is 4.27. The van der Waals surface area contributed by atoms with Crippen LogP contribution in [0.4, 0.5) is 15.8 Å². The normalized spacial score (nSPS) is 11.1. The highest BCUT2D eigenvalue weighted by molar-refractivity contribution is 7.92. The smallest absolute Gasteiger partial charge is 0.264 e. The minimum absolute atomic E-state index is 0.0527. The van der Waals surface area contributed by atoms with Crippen molar-refractivity contribution in [2.24, 2.45) is 0 Å². The number of hydrogen-bond donors (Lipinski definition) is 1. The van der Waals surface area contributed by atoms with E-state index in [2.05, 4.69) is 5.32 Å². The lowest BCUT2D eigenvalue weighted by molar-refractivity contribution is 0.102. The summed E-state index contributed by atoms with van der Waals surface area (Å²) < 4.78 is 40.6. The summed E-state index contributed by atoms with van der Waals surface area (Å²) in [6, 6.07) is 18.7. The van der Waals surface area contributed by atoms with Crippen LogP contribution in [-0.4, -0.2) is 21.4 Å². The zero-order chi connectivity index (χ0) is 20.3. The number of amides is 1. The van der Waals surface area contributed by atoms with E-state index in [4.69, 9.17) is 0 Å². The Balaban J connectivity index is 1.80. The van der Waals surface area contributed by atoms with E-state index in [0.717, 1.165) is 5.56 Å². The SMILES string of the molecule is Cc1ccc(NC(=O)c2ccc(S(=O)(=O)N(C)c3ccccc3)cc2)c(F)c1. The second-order valence-electron chi connectivity index (χ2n) is 6.27. The van der Waals surface area contributed by atoms with E-state index >= 15 is 0 Å². The number of nitrogens with one attached hydrogen (secondary N) is 1. The van der Waals surface area contributed by atoms with Gasteiger partial charge in [0, 0.05) is 12.6 Å². The third kappa shape index (κ3) is 4.04. The predicted octanol–water partition coefficient (Wildman–Crippen LogP) is 4.21. The topological polar surface area (TPSA) is 66.5 Å². The lowest BCUT2D eigenvalue weighted by atomic mass is 10.2.